The second-order valence-corrected chi connectivity index (χ2v) is 10.1. The van der Waals surface area contributed by atoms with E-state index in [2.05, 4.69) is 29.8 Å². The molecule has 176 valence electrons. The fraction of sp³-hybridized carbons (Fsp3) is 0.222. The Kier molecular flexibility index (Phi) is 7.56. The summed E-state index contributed by atoms with van der Waals surface area (Å²) in [5.74, 6) is 1.47. The lowest BCUT2D eigenvalue weighted by molar-refractivity contribution is -0.113. The largest absolute Gasteiger partial charge is 0.493 e. The molecule has 3 aromatic rings. The van der Waals surface area contributed by atoms with Gasteiger partial charge in [-0.2, -0.15) is 0 Å². The molecule has 7 heteroatoms. The molecule has 0 bridgehead atoms. The average Bonchev–Trinajstić information content (AvgIpc) is 3.05. The van der Waals surface area contributed by atoms with Crippen molar-refractivity contribution in [1.82, 2.24) is 0 Å². The van der Waals surface area contributed by atoms with Crippen molar-refractivity contribution in [1.29, 1.82) is 0 Å². The zero-order valence-corrected chi connectivity index (χ0v) is 22.2. The molecule has 0 radical (unpaired) electrons. The Hall–Kier alpha value is -2.47. The summed E-state index contributed by atoms with van der Waals surface area (Å²) in [5, 5.41) is 1.11. The summed E-state index contributed by atoms with van der Waals surface area (Å²) in [6.45, 7) is 5.14. The number of carbonyl (C=O) groups is 1. The van der Waals surface area contributed by atoms with Gasteiger partial charge in [-0.3, -0.25) is 4.79 Å². The molecule has 0 aromatic heterocycles. The van der Waals surface area contributed by atoms with Gasteiger partial charge in [-0.05, 0) is 47.9 Å². The molecule has 0 N–H and O–H groups in total. The zero-order chi connectivity index (χ0) is 24.4. The minimum absolute atomic E-state index is 0.00141. The number of rotatable bonds is 7. The van der Waals surface area contributed by atoms with Gasteiger partial charge >= 0.3 is 0 Å². The quantitative estimate of drug-likeness (QED) is 0.276. The lowest BCUT2D eigenvalue weighted by Gasteiger charge is -2.19. The fourth-order valence-corrected chi connectivity index (χ4v) is 4.78. The molecule has 0 fully saturated rings. The molecule has 4 rings (SSSR count). The number of carbonyl (C=O) groups excluding carboxylic acids is 1. The van der Waals surface area contributed by atoms with Crippen molar-refractivity contribution in [3.8, 4) is 11.5 Å². The van der Waals surface area contributed by atoms with Gasteiger partial charge in [0, 0.05) is 37.8 Å². The molecular weight excluding hydrogens is 537 g/mol. The average molecular weight is 561 g/mol. The fourth-order valence-electron chi connectivity index (χ4n) is 3.88. The Morgan fingerprint density at radius 1 is 1.06 bits per heavy atom. The van der Waals surface area contributed by atoms with Crippen molar-refractivity contribution in [3.05, 3.63) is 85.8 Å². The van der Waals surface area contributed by atoms with Gasteiger partial charge in [0.1, 0.15) is 6.61 Å². The van der Waals surface area contributed by atoms with E-state index < -0.39 is 0 Å². The normalized spacial score (nSPS) is 14.1. The van der Waals surface area contributed by atoms with Crippen LogP contribution in [0.2, 0.25) is 10.0 Å². The predicted molar refractivity (Wildman–Crippen MR) is 143 cm³/mol. The van der Waals surface area contributed by atoms with Gasteiger partial charge < -0.3 is 14.4 Å². The molecule has 0 unspecified atom stereocenters. The molecule has 1 heterocycles. The predicted octanol–water partition coefficient (Wildman–Crippen LogP) is 7.89. The Bertz CT molecular complexity index is 1270. The van der Waals surface area contributed by atoms with Gasteiger partial charge in [-0.15, -0.1) is 0 Å². The smallest absolute Gasteiger partial charge is 0.259 e. The van der Waals surface area contributed by atoms with Crippen LogP contribution in [0.15, 0.2) is 59.1 Å². The third-order valence-corrected chi connectivity index (χ3v) is 6.76. The van der Waals surface area contributed by atoms with Gasteiger partial charge in [0.2, 0.25) is 0 Å². The lowest BCUT2D eigenvalue weighted by atomic mass is 10.0. The molecule has 1 aliphatic heterocycles. The van der Waals surface area contributed by atoms with Crippen molar-refractivity contribution in [2.45, 2.75) is 20.5 Å². The molecule has 0 aliphatic carbocycles. The van der Waals surface area contributed by atoms with Crippen molar-refractivity contribution in [2.24, 2.45) is 5.92 Å². The number of anilines is 1. The molecular formula is C27H24BrCl2NO3. The highest BCUT2D eigenvalue weighted by molar-refractivity contribution is 9.10. The molecule has 1 amide bonds. The maximum Gasteiger partial charge on any atom is 0.259 e. The topological polar surface area (TPSA) is 38.8 Å². The molecule has 0 saturated carbocycles. The summed E-state index contributed by atoms with van der Waals surface area (Å²) in [6.07, 6.45) is 1.90. The Labute approximate surface area is 218 Å². The van der Waals surface area contributed by atoms with Crippen LogP contribution < -0.4 is 14.4 Å². The summed E-state index contributed by atoms with van der Waals surface area (Å²) in [6, 6.07) is 16.9. The minimum Gasteiger partial charge on any atom is -0.493 e. The van der Waals surface area contributed by atoms with Crippen LogP contribution in [0, 0.1) is 5.92 Å². The highest BCUT2D eigenvalue weighted by Crippen LogP contribution is 2.41. The standard InChI is InChI=1S/C27H24BrCl2NO3/c1-16(2)14-31-24-7-5-4-6-20(24)21(27(31)32)10-18-11-25(33-3)26(13-22(18)28)34-15-17-8-9-19(29)12-23(17)30/h4-13,16H,14-15H2,1-3H3/b21-10-. The lowest BCUT2D eigenvalue weighted by Crippen LogP contribution is -2.30. The maximum atomic E-state index is 13.3. The monoisotopic (exact) mass is 559 g/mol. The molecule has 0 saturated heterocycles. The number of benzene rings is 3. The second-order valence-electron chi connectivity index (χ2n) is 8.43. The first-order valence-corrected chi connectivity index (χ1v) is 12.4. The van der Waals surface area contributed by atoms with Gasteiger partial charge in [-0.25, -0.2) is 0 Å². The summed E-state index contributed by atoms with van der Waals surface area (Å²) < 4.78 is 12.4. The Morgan fingerprint density at radius 2 is 1.82 bits per heavy atom. The molecule has 0 spiro atoms. The van der Waals surface area contributed by atoms with Crippen LogP contribution in [0.4, 0.5) is 5.69 Å². The first-order valence-electron chi connectivity index (χ1n) is 10.9. The zero-order valence-electron chi connectivity index (χ0n) is 19.1. The summed E-state index contributed by atoms with van der Waals surface area (Å²) in [7, 11) is 1.59. The van der Waals surface area contributed by atoms with Crippen molar-refractivity contribution in [2.75, 3.05) is 18.6 Å². The summed E-state index contributed by atoms with van der Waals surface area (Å²) >= 11 is 15.9. The minimum atomic E-state index is -0.00141. The van der Waals surface area contributed by atoms with E-state index in [1.807, 2.05) is 53.4 Å². The van der Waals surface area contributed by atoms with E-state index >= 15 is 0 Å². The Morgan fingerprint density at radius 3 is 2.53 bits per heavy atom. The van der Waals surface area contributed by atoms with Crippen molar-refractivity contribution < 1.29 is 14.3 Å². The van der Waals surface area contributed by atoms with Gasteiger partial charge in [0.25, 0.3) is 5.91 Å². The summed E-state index contributed by atoms with van der Waals surface area (Å²) in [5.41, 5.74) is 4.15. The van der Waals surface area contributed by atoms with Crippen LogP contribution in [0.25, 0.3) is 11.6 Å². The highest BCUT2D eigenvalue weighted by Gasteiger charge is 2.32. The number of hydrogen-bond donors (Lipinski definition) is 0. The van der Waals surface area contributed by atoms with Crippen LogP contribution in [0.5, 0.6) is 11.5 Å². The Balaban J connectivity index is 1.66. The van der Waals surface area contributed by atoms with E-state index in [4.69, 9.17) is 32.7 Å². The van der Waals surface area contributed by atoms with Crippen LogP contribution in [-0.2, 0) is 11.4 Å². The van der Waals surface area contributed by atoms with Gasteiger partial charge in [0.15, 0.2) is 11.5 Å². The number of methoxy groups -OCH3 is 1. The van der Waals surface area contributed by atoms with E-state index in [1.54, 1.807) is 19.2 Å². The molecule has 4 nitrogen and oxygen atoms in total. The van der Waals surface area contributed by atoms with E-state index in [1.165, 1.54) is 0 Å². The number of hydrogen-bond acceptors (Lipinski definition) is 3. The highest BCUT2D eigenvalue weighted by atomic mass is 79.9. The van der Waals surface area contributed by atoms with Crippen LogP contribution in [0.1, 0.15) is 30.5 Å². The number of amides is 1. The van der Waals surface area contributed by atoms with Crippen molar-refractivity contribution in [3.63, 3.8) is 0 Å². The molecule has 34 heavy (non-hydrogen) atoms. The van der Waals surface area contributed by atoms with E-state index in [0.717, 1.165) is 26.9 Å². The first kappa shape index (κ1) is 24.6. The number of para-hydroxylation sites is 1. The van der Waals surface area contributed by atoms with E-state index in [9.17, 15) is 4.79 Å². The molecule has 3 aromatic carbocycles. The van der Waals surface area contributed by atoms with Gasteiger partial charge in [0.05, 0.1) is 12.8 Å². The van der Waals surface area contributed by atoms with Crippen LogP contribution >= 0.6 is 39.1 Å². The second kappa shape index (κ2) is 10.4. The summed E-state index contributed by atoms with van der Waals surface area (Å²) in [4.78, 5) is 15.2. The van der Waals surface area contributed by atoms with E-state index in [-0.39, 0.29) is 12.5 Å². The van der Waals surface area contributed by atoms with Crippen LogP contribution in [0.3, 0.4) is 0 Å². The molecule has 1 aliphatic rings. The van der Waals surface area contributed by atoms with Crippen molar-refractivity contribution >= 4 is 62.4 Å². The number of fused-ring (bicyclic) bond motifs is 1. The molecule has 0 atom stereocenters. The van der Waals surface area contributed by atoms with Crippen LogP contribution in [-0.4, -0.2) is 19.6 Å². The number of nitrogens with zero attached hydrogens (tertiary/aromatic N) is 1. The SMILES string of the molecule is COc1cc(/C=C2\C(=O)N(CC(C)C)c3ccccc32)c(Br)cc1OCc1ccc(Cl)cc1Cl. The number of halogens is 3. The third kappa shape index (κ3) is 5.12. The number of ether oxygens (including phenoxy) is 2. The van der Waals surface area contributed by atoms with Gasteiger partial charge in [-0.1, -0.05) is 77.2 Å². The first-order chi connectivity index (χ1) is 16.3. The maximum absolute atomic E-state index is 13.3. The van der Waals surface area contributed by atoms with E-state index in [0.29, 0.717) is 39.6 Å². The third-order valence-electron chi connectivity index (χ3n) is 5.49.